The predicted octanol–water partition coefficient (Wildman–Crippen LogP) is 5.10. The van der Waals surface area contributed by atoms with Crippen LogP contribution in [0.15, 0.2) is 89.8 Å². The van der Waals surface area contributed by atoms with Crippen molar-refractivity contribution in [1.82, 2.24) is 14.8 Å². The molecule has 166 valence electrons. The Morgan fingerprint density at radius 3 is 2.36 bits per heavy atom. The van der Waals surface area contributed by atoms with E-state index < -0.39 is 10.0 Å². The summed E-state index contributed by atoms with van der Waals surface area (Å²) >= 11 is 5.88. The SMILES string of the molecule is Cc1ccc([C@@H]2C=C(c3ccccc3)Nc3nc(NS(=O)(=O)c4ccc(Cl)cc4)nn32)cc1. The van der Waals surface area contributed by atoms with E-state index in [1.165, 1.54) is 24.3 Å². The normalized spacial score (nSPS) is 15.3. The molecule has 1 aliphatic heterocycles. The zero-order chi connectivity index (χ0) is 23.0. The molecule has 0 fully saturated rings. The molecule has 33 heavy (non-hydrogen) atoms. The van der Waals surface area contributed by atoms with Gasteiger partial charge in [-0.15, -0.1) is 5.10 Å². The van der Waals surface area contributed by atoms with E-state index in [-0.39, 0.29) is 16.9 Å². The van der Waals surface area contributed by atoms with Gasteiger partial charge in [-0.3, -0.25) is 0 Å². The highest BCUT2D eigenvalue weighted by molar-refractivity contribution is 7.92. The molecule has 2 heterocycles. The summed E-state index contributed by atoms with van der Waals surface area (Å²) in [5.41, 5.74) is 4.02. The van der Waals surface area contributed by atoms with Crippen molar-refractivity contribution in [2.75, 3.05) is 10.0 Å². The molecule has 7 nitrogen and oxygen atoms in total. The zero-order valence-corrected chi connectivity index (χ0v) is 19.2. The Kier molecular flexibility index (Phi) is 5.39. The number of aryl methyl sites for hydroxylation is 1. The second-order valence-corrected chi connectivity index (χ2v) is 9.81. The largest absolute Gasteiger partial charge is 0.324 e. The van der Waals surface area contributed by atoms with Gasteiger partial charge in [-0.25, -0.2) is 17.8 Å². The van der Waals surface area contributed by atoms with Gasteiger partial charge in [-0.05, 0) is 48.4 Å². The van der Waals surface area contributed by atoms with Crippen molar-refractivity contribution >= 4 is 39.2 Å². The fraction of sp³-hybridized carbons (Fsp3) is 0.0833. The van der Waals surface area contributed by atoms with Crippen molar-refractivity contribution in [3.8, 4) is 0 Å². The van der Waals surface area contributed by atoms with E-state index in [9.17, 15) is 8.42 Å². The number of rotatable bonds is 5. The maximum absolute atomic E-state index is 12.8. The molecule has 3 aromatic carbocycles. The minimum Gasteiger partial charge on any atom is -0.324 e. The van der Waals surface area contributed by atoms with Gasteiger partial charge in [0.15, 0.2) is 0 Å². The van der Waals surface area contributed by atoms with E-state index in [1.54, 1.807) is 4.68 Å². The molecule has 0 spiro atoms. The number of anilines is 2. The summed E-state index contributed by atoms with van der Waals surface area (Å²) in [5, 5.41) is 8.20. The molecular formula is C24H20ClN5O2S. The highest BCUT2D eigenvalue weighted by Crippen LogP contribution is 2.33. The van der Waals surface area contributed by atoms with E-state index >= 15 is 0 Å². The molecule has 0 bridgehead atoms. The quantitative estimate of drug-likeness (QED) is 0.417. The van der Waals surface area contributed by atoms with Gasteiger partial charge in [0, 0.05) is 10.7 Å². The van der Waals surface area contributed by atoms with Crippen molar-refractivity contribution < 1.29 is 8.42 Å². The van der Waals surface area contributed by atoms with Crippen molar-refractivity contribution in [2.45, 2.75) is 17.9 Å². The van der Waals surface area contributed by atoms with Gasteiger partial charge in [-0.2, -0.15) is 4.98 Å². The second kappa shape index (κ2) is 8.38. The zero-order valence-electron chi connectivity index (χ0n) is 17.6. The van der Waals surface area contributed by atoms with Gasteiger partial charge in [0.2, 0.25) is 5.95 Å². The molecule has 0 saturated heterocycles. The van der Waals surface area contributed by atoms with Gasteiger partial charge in [-0.1, -0.05) is 71.8 Å². The first kappa shape index (κ1) is 21.2. The fourth-order valence-corrected chi connectivity index (χ4v) is 4.68. The lowest BCUT2D eigenvalue weighted by Gasteiger charge is -2.24. The molecule has 0 saturated carbocycles. The van der Waals surface area contributed by atoms with Gasteiger partial charge in [0.1, 0.15) is 6.04 Å². The van der Waals surface area contributed by atoms with Crippen LogP contribution in [0.2, 0.25) is 5.02 Å². The van der Waals surface area contributed by atoms with Crippen LogP contribution >= 0.6 is 11.6 Å². The van der Waals surface area contributed by atoms with E-state index in [4.69, 9.17) is 11.6 Å². The average molecular weight is 478 g/mol. The second-order valence-electron chi connectivity index (χ2n) is 7.69. The lowest BCUT2D eigenvalue weighted by Crippen LogP contribution is -2.20. The number of hydrogen-bond acceptors (Lipinski definition) is 5. The van der Waals surface area contributed by atoms with Crippen LogP contribution in [-0.4, -0.2) is 23.2 Å². The van der Waals surface area contributed by atoms with Crippen molar-refractivity contribution in [1.29, 1.82) is 0 Å². The third-order valence-corrected chi connectivity index (χ3v) is 6.92. The molecule has 0 aliphatic carbocycles. The van der Waals surface area contributed by atoms with E-state index in [1.807, 2.05) is 61.5 Å². The summed E-state index contributed by atoms with van der Waals surface area (Å²) in [4.78, 5) is 4.51. The molecule has 5 rings (SSSR count). The first-order valence-corrected chi connectivity index (χ1v) is 12.1. The Bertz CT molecular complexity index is 1430. The molecule has 2 N–H and O–H groups in total. The van der Waals surface area contributed by atoms with Gasteiger partial charge < -0.3 is 5.32 Å². The molecule has 0 unspecified atom stereocenters. The number of nitrogens with one attached hydrogen (secondary N) is 2. The van der Waals surface area contributed by atoms with Crippen LogP contribution in [0.1, 0.15) is 22.7 Å². The third-order valence-electron chi connectivity index (χ3n) is 5.32. The lowest BCUT2D eigenvalue weighted by atomic mass is 10.0. The van der Waals surface area contributed by atoms with Crippen LogP contribution in [0.3, 0.4) is 0 Å². The number of fused-ring (bicyclic) bond motifs is 1. The molecule has 1 aliphatic rings. The molecule has 9 heteroatoms. The van der Waals surface area contributed by atoms with Crippen molar-refractivity contribution in [3.63, 3.8) is 0 Å². The number of allylic oxidation sites excluding steroid dienone is 1. The van der Waals surface area contributed by atoms with Gasteiger partial charge >= 0.3 is 0 Å². The Morgan fingerprint density at radius 2 is 1.67 bits per heavy atom. The number of sulfonamides is 1. The highest BCUT2D eigenvalue weighted by atomic mass is 35.5. The number of halogens is 1. The predicted molar refractivity (Wildman–Crippen MR) is 130 cm³/mol. The molecular weight excluding hydrogens is 458 g/mol. The Hall–Kier alpha value is -3.62. The number of benzene rings is 3. The van der Waals surface area contributed by atoms with E-state index in [0.29, 0.717) is 11.0 Å². The van der Waals surface area contributed by atoms with Crippen molar-refractivity contribution in [3.05, 3.63) is 107 Å². The molecule has 4 aromatic rings. The minimum atomic E-state index is -3.87. The lowest BCUT2D eigenvalue weighted by molar-refractivity contribution is 0.598. The minimum absolute atomic E-state index is 0.0210. The standard InChI is InChI=1S/C24H20ClN5O2S/c1-16-7-9-18(10-8-16)22-15-21(17-5-3-2-4-6-17)26-24-27-23(28-30(22)24)29-33(31,32)20-13-11-19(25)12-14-20/h2-15,22H,1H3,(H2,26,27,28,29)/t22-/m0/s1. The topological polar surface area (TPSA) is 88.9 Å². The van der Waals surface area contributed by atoms with E-state index in [0.717, 1.165) is 22.4 Å². The summed E-state index contributed by atoms with van der Waals surface area (Å²) in [6, 6.07) is 23.7. The molecule has 1 aromatic heterocycles. The van der Waals surface area contributed by atoms with Crippen LogP contribution in [0.5, 0.6) is 0 Å². The smallest absolute Gasteiger partial charge is 0.264 e. The van der Waals surface area contributed by atoms with Crippen LogP contribution < -0.4 is 10.0 Å². The first-order chi connectivity index (χ1) is 15.9. The molecule has 0 radical (unpaired) electrons. The number of nitrogens with zero attached hydrogens (tertiary/aromatic N) is 3. The van der Waals surface area contributed by atoms with Crippen LogP contribution in [0.25, 0.3) is 5.70 Å². The highest BCUT2D eigenvalue weighted by Gasteiger charge is 2.27. The van der Waals surface area contributed by atoms with Gasteiger partial charge in [0.25, 0.3) is 16.0 Å². The monoisotopic (exact) mass is 477 g/mol. The molecule has 0 amide bonds. The Balaban J connectivity index is 1.53. The summed E-state index contributed by atoms with van der Waals surface area (Å²) in [6.07, 6.45) is 2.05. The van der Waals surface area contributed by atoms with Crippen molar-refractivity contribution in [2.24, 2.45) is 0 Å². The summed E-state index contributed by atoms with van der Waals surface area (Å²) in [5.74, 6) is 0.419. The number of aromatic nitrogens is 3. The molecule has 1 atom stereocenters. The van der Waals surface area contributed by atoms with E-state index in [2.05, 4.69) is 26.2 Å². The Labute approximate surface area is 196 Å². The Morgan fingerprint density at radius 1 is 0.970 bits per heavy atom. The summed E-state index contributed by atoms with van der Waals surface area (Å²) in [7, 11) is -3.87. The van der Waals surface area contributed by atoms with Gasteiger partial charge in [0.05, 0.1) is 4.90 Å². The maximum atomic E-state index is 12.8. The van der Waals surface area contributed by atoms with Crippen LogP contribution in [0, 0.1) is 6.92 Å². The average Bonchev–Trinajstić information content (AvgIpc) is 3.21. The third kappa shape index (κ3) is 4.35. The summed E-state index contributed by atoms with van der Waals surface area (Å²) in [6.45, 7) is 2.03. The number of hydrogen-bond donors (Lipinski definition) is 2. The fourth-order valence-electron chi connectivity index (χ4n) is 3.62. The van der Waals surface area contributed by atoms with Crippen LogP contribution in [0.4, 0.5) is 11.9 Å². The first-order valence-electron chi connectivity index (χ1n) is 10.2. The maximum Gasteiger partial charge on any atom is 0.264 e. The summed E-state index contributed by atoms with van der Waals surface area (Å²) < 4.78 is 29.8. The van der Waals surface area contributed by atoms with Crippen LogP contribution in [-0.2, 0) is 10.0 Å².